The van der Waals surface area contributed by atoms with E-state index in [9.17, 15) is 9.90 Å². The third-order valence-corrected chi connectivity index (χ3v) is 2.53. The Balaban J connectivity index is 2.04. The van der Waals surface area contributed by atoms with Crippen molar-refractivity contribution < 1.29 is 19.4 Å². The van der Waals surface area contributed by atoms with E-state index in [-0.39, 0.29) is 41.7 Å². The largest absolute Gasteiger partial charge is 0.492 e. The predicted molar refractivity (Wildman–Crippen MR) is 76.1 cm³/mol. The van der Waals surface area contributed by atoms with Crippen LogP contribution in [0.1, 0.15) is 20.8 Å². The van der Waals surface area contributed by atoms with E-state index in [0.717, 1.165) is 0 Å². The van der Waals surface area contributed by atoms with Gasteiger partial charge in [0.2, 0.25) is 23.4 Å². The molecule has 0 aliphatic rings. The summed E-state index contributed by atoms with van der Waals surface area (Å²) in [6.07, 6.45) is 0.139. The first-order chi connectivity index (χ1) is 10.5. The maximum absolute atomic E-state index is 11.0. The number of carbonyl (C=O) groups excluding carboxylic acids is 1. The average Bonchev–Trinajstić information content (AvgIpc) is 2.80. The second-order valence-corrected chi connectivity index (χ2v) is 4.77. The molecule has 0 radical (unpaired) electrons. The molecule has 2 N–H and O–H groups in total. The lowest BCUT2D eigenvalue weighted by Crippen LogP contribution is -2.12. The van der Waals surface area contributed by atoms with Crippen LogP contribution in [0, 0.1) is 0 Å². The number of ether oxygens (including phenoxy) is 2. The summed E-state index contributed by atoms with van der Waals surface area (Å²) in [5.74, 6) is -0.712. The fourth-order valence-electron chi connectivity index (χ4n) is 1.67. The van der Waals surface area contributed by atoms with Crippen molar-refractivity contribution in [2.75, 3.05) is 18.5 Å². The molecule has 0 aromatic carbocycles. The summed E-state index contributed by atoms with van der Waals surface area (Å²) in [4.78, 5) is 18.7. The van der Waals surface area contributed by atoms with E-state index in [1.807, 2.05) is 13.8 Å². The number of amides is 1. The van der Waals surface area contributed by atoms with Crippen LogP contribution in [0.4, 0.5) is 5.95 Å². The molecule has 0 atom stereocenters. The van der Waals surface area contributed by atoms with Crippen LogP contribution in [0.2, 0.25) is 0 Å². The number of carbonyl (C=O) groups is 1. The van der Waals surface area contributed by atoms with Gasteiger partial charge in [0.1, 0.15) is 6.73 Å². The Morgan fingerprint density at radius 1 is 1.36 bits per heavy atom. The predicted octanol–water partition coefficient (Wildman–Crippen LogP) is 0.284. The molecule has 22 heavy (non-hydrogen) atoms. The number of fused-ring (bicyclic) bond motifs is 1. The van der Waals surface area contributed by atoms with E-state index < -0.39 is 0 Å². The van der Waals surface area contributed by atoms with Gasteiger partial charge in [0.05, 0.1) is 19.3 Å². The Bertz CT molecular complexity index is 656. The van der Waals surface area contributed by atoms with Gasteiger partial charge in [-0.2, -0.15) is 9.97 Å². The SMILES string of the molecule is CC(=O)Nc1nc(O)c2c(nnn2COCCOC(C)C)n1. The molecule has 2 aromatic heterocycles. The smallest absolute Gasteiger partial charge is 0.244 e. The maximum atomic E-state index is 11.0. The number of aromatic hydroxyl groups is 1. The lowest BCUT2D eigenvalue weighted by Gasteiger charge is -2.08. The summed E-state index contributed by atoms with van der Waals surface area (Å²) >= 11 is 0. The summed E-state index contributed by atoms with van der Waals surface area (Å²) in [6.45, 7) is 6.10. The molecule has 1 amide bonds. The van der Waals surface area contributed by atoms with Crippen LogP contribution in [0.3, 0.4) is 0 Å². The number of aromatic nitrogens is 5. The molecule has 0 aliphatic carbocycles. The van der Waals surface area contributed by atoms with E-state index in [4.69, 9.17) is 9.47 Å². The average molecular weight is 310 g/mol. The second kappa shape index (κ2) is 7.09. The number of nitrogens with zero attached hydrogens (tertiary/aromatic N) is 5. The minimum atomic E-state index is -0.348. The highest BCUT2D eigenvalue weighted by atomic mass is 16.5. The van der Waals surface area contributed by atoms with Gasteiger partial charge in [0.15, 0.2) is 5.52 Å². The van der Waals surface area contributed by atoms with Crippen LogP contribution in [-0.2, 0) is 21.0 Å². The highest BCUT2D eigenvalue weighted by molar-refractivity contribution is 5.88. The zero-order valence-electron chi connectivity index (χ0n) is 12.6. The molecule has 0 saturated carbocycles. The van der Waals surface area contributed by atoms with Crippen LogP contribution in [0.15, 0.2) is 0 Å². The van der Waals surface area contributed by atoms with Crippen LogP contribution in [0.25, 0.3) is 11.2 Å². The van der Waals surface area contributed by atoms with Crippen molar-refractivity contribution in [3.05, 3.63) is 0 Å². The highest BCUT2D eigenvalue weighted by Gasteiger charge is 2.15. The molecule has 2 rings (SSSR count). The van der Waals surface area contributed by atoms with Crippen LogP contribution in [0.5, 0.6) is 5.88 Å². The lowest BCUT2D eigenvalue weighted by molar-refractivity contribution is -0.114. The van der Waals surface area contributed by atoms with Crippen molar-refractivity contribution in [2.24, 2.45) is 0 Å². The third-order valence-electron chi connectivity index (χ3n) is 2.53. The monoisotopic (exact) mass is 310 g/mol. The van der Waals surface area contributed by atoms with E-state index in [1.54, 1.807) is 0 Å². The molecule has 0 spiro atoms. The normalized spacial score (nSPS) is 11.3. The fourth-order valence-corrected chi connectivity index (χ4v) is 1.67. The zero-order chi connectivity index (χ0) is 16.1. The van der Waals surface area contributed by atoms with Gasteiger partial charge in [0, 0.05) is 6.92 Å². The first kappa shape index (κ1) is 16.0. The summed E-state index contributed by atoms with van der Waals surface area (Å²) < 4.78 is 12.1. The minimum Gasteiger partial charge on any atom is -0.492 e. The number of anilines is 1. The van der Waals surface area contributed by atoms with Gasteiger partial charge in [-0.05, 0) is 13.8 Å². The topological polar surface area (TPSA) is 124 Å². The Labute approximate surface area is 126 Å². The van der Waals surface area contributed by atoms with Gasteiger partial charge in [-0.3, -0.25) is 10.1 Å². The zero-order valence-corrected chi connectivity index (χ0v) is 12.6. The van der Waals surface area contributed by atoms with Crippen molar-refractivity contribution in [1.29, 1.82) is 0 Å². The van der Waals surface area contributed by atoms with E-state index in [1.165, 1.54) is 11.6 Å². The highest BCUT2D eigenvalue weighted by Crippen LogP contribution is 2.20. The van der Waals surface area contributed by atoms with Gasteiger partial charge in [-0.15, -0.1) is 5.10 Å². The van der Waals surface area contributed by atoms with Crippen molar-refractivity contribution >= 4 is 23.0 Å². The summed E-state index contributed by atoms with van der Waals surface area (Å²) in [5, 5.41) is 19.9. The van der Waals surface area contributed by atoms with Crippen molar-refractivity contribution in [3.63, 3.8) is 0 Å². The van der Waals surface area contributed by atoms with Crippen molar-refractivity contribution in [3.8, 4) is 5.88 Å². The molecule has 10 nitrogen and oxygen atoms in total. The molecule has 2 aromatic rings. The second-order valence-electron chi connectivity index (χ2n) is 4.77. The molecular weight excluding hydrogens is 292 g/mol. The number of hydrogen-bond acceptors (Lipinski definition) is 8. The fraction of sp³-hybridized carbons (Fsp3) is 0.583. The van der Waals surface area contributed by atoms with Gasteiger partial charge in [-0.1, -0.05) is 5.21 Å². The Kier molecular flexibility index (Phi) is 5.17. The maximum Gasteiger partial charge on any atom is 0.244 e. The summed E-state index contributed by atoms with van der Waals surface area (Å²) in [5.41, 5.74) is 0.400. The van der Waals surface area contributed by atoms with Crippen molar-refractivity contribution in [1.82, 2.24) is 25.0 Å². The molecule has 0 aliphatic heterocycles. The van der Waals surface area contributed by atoms with Gasteiger partial charge < -0.3 is 14.6 Å². The molecule has 10 heteroatoms. The molecule has 2 heterocycles. The first-order valence-corrected chi connectivity index (χ1v) is 6.74. The first-order valence-electron chi connectivity index (χ1n) is 6.74. The summed E-state index contributed by atoms with van der Waals surface area (Å²) in [7, 11) is 0. The quantitative estimate of drug-likeness (QED) is 0.699. The molecule has 0 unspecified atom stereocenters. The van der Waals surface area contributed by atoms with Crippen molar-refractivity contribution in [2.45, 2.75) is 33.6 Å². The third kappa shape index (κ3) is 4.09. The number of hydrogen-bond donors (Lipinski definition) is 2. The summed E-state index contributed by atoms with van der Waals surface area (Å²) in [6, 6.07) is 0. The molecular formula is C12H18N6O4. The Morgan fingerprint density at radius 2 is 2.14 bits per heavy atom. The Hall–Kier alpha value is -2.33. The molecule has 0 bridgehead atoms. The standard InChI is InChI=1S/C12H18N6O4/c1-7(2)22-5-4-21-6-18-9-10(16-17-18)14-12(13-8(3)19)15-11(9)20/h7H,4-6H2,1-3H3,(H2,13,14,15,19,20). The van der Waals surface area contributed by atoms with E-state index in [0.29, 0.717) is 13.2 Å². The molecule has 120 valence electrons. The van der Waals surface area contributed by atoms with E-state index in [2.05, 4.69) is 25.6 Å². The van der Waals surface area contributed by atoms with Crippen LogP contribution < -0.4 is 5.32 Å². The van der Waals surface area contributed by atoms with Gasteiger partial charge >= 0.3 is 0 Å². The lowest BCUT2D eigenvalue weighted by atomic mass is 10.5. The van der Waals surface area contributed by atoms with Crippen LogP contribution >= 0.6 is 0 Å². The molecule has 0 fully saturated rings. The van der Waals surface area contributed by atoms with Gasteiger partial charge in [-0.25, -0.2) is 4.68 Å². The number of rotatable bonds is 7. The van der Waals surface area contributed by atoms with Crippen LogP contribution in [-0.4, -0.2) is 55.3 Å². The minimum absolute atomic E-state index is 0.0317. The van der Waals surface area contributed by atoms with E-state index >= 15 is 0 Å². The molecule has 0 saturated heterocycles. The Morgan fingerprint density at radius 3 is 2.82 bits per heavy atom. The number of nitrogens with one attached hydrogen (secondary N) is 1. The van der Waals surface area contributed by atoms with Gasteiger partial charge in [0.25, 0.3) is 0 Å².